The Labute approximate surface area is 196 Å². The van der Waals surface area contributed by atoms with Crippen molar-refractivity contribution in [2.45, 2.75) is 51.0 Å². The molecule has 32 heavy (non-hydrogen) atoms. The molecule has 2 aromatic rings. The van der Waals surface area contributed by atoms with E-state index in [9.17, 15) is 9.18 Å². The fourth-order valence-electron chi connectivity index (χ4n) is 5.36. The Hall–Kier alpha value is -1.96. The third-order valence-corrected chi connectivity index (χ3v) is 8.27. The molecule has 4 nitrogen and oxygen atoms in total. The molecule has 7 heteroatoms. The smallest absolute Gasteiger partial charge is 0.266 e. The number of halogens is 1. The van der Waals surface area contributed by atoms with Gasteiger partial charge in [0.05, 0.1) is 4.91 Å². The van der Waals surface area contributed by atoms with Crippen LogP contribution >= 0.6 is 24.0 Å². The molecule has 3 fully saturated rings. The molecule has 2 aliphatic carbocycles. The zero-order valence-corrected chi connectivity index (χ0v) is 19.4. The average molecular weight is 472 g/mol. The maximum atomic E-state index is 13.3. The number of thioether (sulfide) groups is 1. The molecule has 2 bridgehead atoms. The van der Waals surface area contributed by atoms with Gasteiger partial charge in [0.15, 0.2) is 0 Å². The summed E-state index contributed by atoms with van der Waals surface area (Å²) < 4.78 is 20.1. The molecular formula is C25H26FNO3S2. The van der Waals surface area contributed by atoms with Crippen LogP contribution in [0.15, 0.2) is 39.7 Å². The number of thiocarbonyl (C=S) groups is 1. The Morgan fingerprint density at radius 1 is 1.22 bits per heavy atom. The number of furan rings is 1. The van der Waals surface area contributed by atoms with Gasteiger partial charge in [0.2, 0.25) is 0 Å². The van der Waals surface area contributed by atoms with Gasteiger partial charge < -0.3 is 9.52 Å². The van der Waals surface area contributed by atoms with E-state index in [4.69, 9.17) is 21.7 Å². The Morgan fingerprint density at radius 3 is 2.72 bits per heavy atom. The minimum Gasteiger partial charge on any atom is -0.456 e. The quantitative estimate of drug-likeness (QED) is 0.315. The second-order valence-electron chi connectivity index (χ2n) is 8.98. The number of aliphatic hydroxyl groups is 1. The van der Waals surface area contributed by atoms with Gasteiger partial charge in [-0.25, -0.2) is 4.39 Å². The number of benzene rings is 1. The van der Waals surface area contributed by atoms with E-state index in [1.165, 1.54) is 43.2 Å². The summed E-state index contributed by atoms with van der Waals surface area (Å²) in [4.78, 5) is 15.8. The van der Waals surface area contributed by atoms with E-state index < -0.39 is 0 Å². The molecule has 1 aromatic carbocycles. The predicted molar refractivity (Wildman–Crippen MR) is 128 cm³/mol. The van der Waals surface area contributed by atoms with Crippen LogP contribution in [0.5, 0.6) is 0 Å². The molecular weight excluding hydrogens is 445 g/mol. The van der Waals surface area contributed by atoms with Crippen LogP contribution in [0.1, 0.15) is 49.8 Å². The van der Waals surface area contributed by atoms with Gasteiger partial charge in [-0.2, -0.15) is 0 Å². The van der Waals surface area contributed by atoms with Crippen molar-refractivity contribution < 1.29 is 18.7 Å². The van der Waals surface area contributed by atoms with Gasteiger partial charge in [0.25, 0.3) is 5.91 Å². The van der Waals surface area contributed by atoms with Gasteiger partial charge in [-0.1, -0.05) is 30.4 Å². The highest BCUT2D eigenvalue weighted by Gasteiger charge is 2.48. The van der Waals surface area contributed by atoms with Crippen molar-refractivity contribution in [2.75, 3.05) is 6.61 Å². The van der Waals surface area contributed by atoms with Crippen molar-refractivity contribution in [3.63, 3.8) is 0 Å². The summed E-state index contributed by atoms with van der Waals surface area (Å²) >= 11 is 6.96. The van der Waals surface area contributed by atoms with E-state index in [1.54, 1.807) is 12.1 Å². The Morgan fingerprint density at radius 2 is 2.03 bits per heavy atom. The summed E-state index contributed by atoms with van der Waals surface area (Å²) in [6, 6.07) is 8.37. The topological polar surface area (TPSA) is 53.7 Å². The van der Waals surface area contributed by atoms with Crippen LogP contribution in [0.3, 0.4) is 0 Å². The summed E-state index contributed by atoms with van der Waals surface area (Å²) in [5.41, 5.74) is 1.76. The van der Waals surface area contributed by atoms with E-state index >= 15 is 0 Å². The maximum absolute atomic E-state index is 13.3. The number of hydrogen-bond donors (Lipinski definition) is 1. The molecule has 3 unspecified atom stereocenters. The zero-order valence-electron chi connectivity index (χ0n) is 17.8. The predicted octanol–water partition coefficient (Wildman–Crippen LogP) is 5.79. The summed E-state index contributed by atoms with van der Waals surface area (Å²) in [6.45, 7) is 0.139. The summed E-state index contributed by atoms with van der Waals surface area (Å²) in [5.74, 6) is 2.27. The number of hydrogen-bond acceptors (Lipinski definition) is 5. The first-order valence-electron chi connectivity index (χ1n) is 11.3. The first kappa shape index (κ1) is 21.9. The molecule has 5 rings (SSSR count). The normalized spacial score (nSPS) is 26.1. The van der Waals surface area contributed by atoms with Crippen LogP contribution in [0.25, 0.3) is 17.4 Å². The largest absolute Gasteiger partial charge is 0.456 e. The number of carbonyl (C=O) groups excluding carboxylic acids is 1. The van der Waals surface area contributed by atoms with Crippen molar-refractivity contribution in [3.05, 3.63) is 52.4 Å². The van der Waals surface area contributed by atoms with Gasteiger partial charge >= 0.3 is 0 Å². The molecule has 2 heterocycles. The number of rotatable bonds is 7. The Kier molecular flexibility index (Phi) is 6.23. The number of aliphatic hydroxyl groups excluding tert-OH is 1. The molecule has 168 valence electrons. The summed E-state index contributed by atoms with van der Waals surface area (Å²) in [7, 11) is 0. The van der Waals surface area contributed by atoms with Crippen molar-refractivity contribution in [1.29, 1.82) is 0 Å². The van der Waals surface area contributed by atoms with Gasteiger partial charge in [0.1, 0.15) is 21.7 Å². The lowest BCUT2D eigenvalue weighted by Crippen LogP contribution is -2.41. The van der Waals surface area contributed by atoms with Gasteiger partial charge in [0, 0.05) is 24.3 Å². The number of fused-ring (bicyclic) bond motifs is 2. The highest BCUT2D eigenvalue weighted by Crippen LogP contribution is 2.49. The number of carbonyl (C=O) groups is 1. The van der Waals surface area contributed by atoms with Crippen molar-refractivity contribution >= 4 is 40.3 Å². The van der Waals surface area contributed by atoms with Crippen molar-refractivity contribution in [1.82, 2.24) is 4.90 Å². The van der Waals surface area contributed by atoms with Gasteiger partial charge in [-0.3, -0.25) is 9.69 Å². The van der Waals surface area contributed by atoms with Crippen LogP contribution in [0, 0.1) is 17.7 Å². The lowest BCUT2D eigenvalue weighted by Gasteiger charge is -2.30. The standard InChI is InChI=1S/C25H26FNO3S2/c26-19-8-6-16(7-9-19)21-13-18(3-1-2-10-28)22(30-21)14-23-24(29)27(25(31)32-23)20-12-15-4-5-17(20)11-15/h6-9,13-15,17,20,28H,1-5,10-12H2/b23-14-. The first-order chi connectivity index (χ1) is 15.5. The molecule has 1 N–H and O–H groups in total. The van der Waals surface area contributed by atoms with Crippen molar-refractivity contribution in [2.24, 2.45) is 11.8 Å². The third kappa shape index (κ3) is 4.18. The maximum Gasteiger partial charge on any atom is 0.266 e. The van der Waals surface area contributed by atoms with E-state index in [0.717, 1.165) is 36.3 Å². The molecule has 3 atom stereocenters. The second-order valence-corrected chi connectivity index (χ2v) is 10.7. The summed E-state index contributed by atoms with van der Waals surface area (Å²) in [6.07, 6.45) is 8.80. The fourth-order valence-corrected chi connectivity index (χ4v) is 6.70. The zero-order chi connectivity index (χ0) is 22.2. The number of nitrogens with zero attached hydrogens (tertiary/aromatic N) is 1. The van der Waals surface area contributed by atoms with Crippen LogP contribution in [0.4, 0.5) is 4.39 Å². The average Bonchev–Trinajstić information content (AvgIpc) is 3.54. The van der Waals surface area contributed by atoms with Crippen LogP contribution in [0.2, 0.25) is 0 Å². The molecule has 1 aliphatic heterocycles. The third-order valence-electron chi connectivity index (χ3n) is 6.94. The van der Waals surface area contributed by atoms with E-state index in [2.05, 4.69) is 0 Å². The first-order valence-corrected chi connectivity index (χ1v) is 12.5. The van der Waals surface area contributed by atoms with Crippen molar-refractivity contribution in [3.8, 4) is 11.3 Å². The minimum absolute atomic E-state index is 0.0152. The molecule has 0 spiro atoms. The minimum atomic E-state index is -0.298. The van der Waals surface area contributed by atoms with E-state index in [1.807, 2.05) is 17.0 Å². The van der Waals surface area contributed by atoms with Gasteiger partial charge in [-0.15, -0.1) is 0 Å². The molecule has 1 saturated heterocycles. The van der Waals surface area contributed by atoms with E-state index in [-0.39, 0.29) is 24.4 Å². The van der Waals surface area contributed by atoms with E-state index in [0.29, 0.717) is 33.1 Å². The Balaban J connectivity index is 1.43. The number of unbranched alkanes of at least 4 members (excludes halogenated alkanes) is 1. The SMILES string of the molecule is O=C1/C(=C/c2oc(-c3ccc(F)cc3)cc2CCCCO)SC(=S)N1C1CC2CCC1C2. The highest BCUT2D eigenvalue weighted by atomic mass is 32.2. The van der Waals surface area contributed by atoms with Gasteiger partial charge in [-0.05, 0) is 86.3 Å². The van der Waals surface area contributed by atoms with Crippen LogP contribution in [-0.2, 0) is 11.2 Å². The molecule has 3 aliphatic rings. The van der Waals surface area contributed by atoms with Crippen LogP contribution < -0.4 is 0 Å². The highest BCUT2D eigenvalue weighted by molar-refractivity contribution is 8.26. The molecule has 0 radical (unpaired) electrons. The monoisotopic (exact) mass is 471 g/mol. The van der Waals surface area contributed by atoms with Crippen LogP contribution in [-0.4, -0.2) is 32.9 Å². The second kappa shape index (κ2) is 9.12. The lowest BCUT2D eigenvalue weighted by atomic mass is 9.94. The molecule has 1 amide bonds. The number of amides is 1. The molecule has 1 aromatic heterocycles. The number of aryl methyl sites for hydroxylation is 1. The Bertz CT molecular complexity index is 1060. The molecule has 2 saturated carbocycles. The lowest BCUT2D eigenvalue weighted by molar-refractivity contribution is -0.124. The fraction of sp³-hybridized carbons (Fsp3) is 0.440. The summed E-state index contributed by atoms with van der Waals surface area (Å²) in [5, 5.41) is 9.16.